The molecule has 0 bridgehead atoms. The molecule has 29 heavy (non-hydrogen) atoms. The van der Waals surface area contributed by atoms with Crippen LogP contribution in [0.4, 0.5) is 5.69 Å². The van der Waals surface area contributed by atoms with Crippen LogP contribution in [0.25, 0.3) is 22.3 Å². The summed E-state index contributed by atoms with van der Waals surface area (Å²) in [5, 5.41) is 0. The predicted molar refractivity (Wildman–Crippen MR) is 119 cm³/mol. The smallest absolute Gasteiger partial charge is 0.0914 e. The average Bonchev–Trinajstić information content (AvgIpc) is 2.73. The molecule has 2 aromatic heterocycles. The Morgan fingerprint density at radius 3 is 2.38 bits per heavy atom. The molecule has 0 aliphatic carbocycles. The molecule has 0 saturated carbocycles. The molecule has 4 heterocycles. The van der Waals surface area contributed by atoms with Crippen molar-refractivity contribution >= 4 is 16.7 Å². The fourth-order valence-corrected chi connectivity index (χ4v) is 4.45. The Bertz CT molecular complexity index is 973. The highest BCUT2D eigenvalue weighted by Gasteiger charge is 2.34. The Morgan fingerprint density at radius 1 is 0.897 bits per heavy atom. The summed E-state index contributed by atoms with van der Waals surface area (Å²) in [6.07, 6.45) is 2.00. The van der Waals surface area contributed by atoms with Crippen molar-refractivity contribution in [2.24, 2.45) is 0 Å². The summed E-state index contributed by atoms with van der Waals surface area (Å²) in [7, 11) is 0. The molecular weight excluding hydrogens is 358 g/mol. The van der Waals surface area contributed by atoms with Gasteiger partial charge in [-0.2, -0.15) is 0 Å². The van der Waals surface area contributed by atoms with Crippen molar-refractivity contribution in [1.82, 2.24) is 19.8 Å². The topological polar surface area (TPSA) is 35.5 Å². The van der Waals surface area contributed by atoms with E-state index in [1.165, 1.54) is 31.9 Å². The highest BCUT2D eigenvalue weighted by Crippen LogP contribution is 2.27. The molecule has 0 radical (unpaired) electrons. The zero-order valence-electron chi connectivity index (χ0n) is 17.3. The second-order valence-corrected chi connectivity index (χ2v) is 8.52. The number of aromatic nitrogens is 2. The van der Waals surface area contributed by atoms with E-state index < -0.39 is 0 Å². The highest BCUT2D eigenvalue weighted by molar-refractivity contribution is 5.81. The van der Waals surface area contributed by atoms with Gasteiger partial charge in [0.05, 0.1) is 28.6 Å². The summed E-state index contributed by atoms with van der Waals surface area (Å²) >= 11 is 0. The lowest BCUT2D eigenvalue weighted by atomic mass is 10.0. The van der Waals surface area contributed by atoms with Crippen LogP contribution in [0.15, 0.2) is 54.7 Å². The van der Waals surface area contributed by atoms with Crippen LogP contribution in [0.2, 0.25) is 0 Å². The molecule has 3 aromatic rings. The van der Waals surface area contributed by atoms with Crippen molar-refractivity contribution in [3.05, 3.63) is 54.7 Å². The molecule has 2 saturated heterocycles. The number of hydrogen-bond acceptors (Lipinski definition) is 5. The molecule has 2 fully saturated rings. The second kappa shape index (κ2) is 7.73. The molecule has 1 aromatic carbocycles. The summed E-state index contributed by atoms with van der Waals surface area (Å²) in [5.74, 6) is 0. The third kappa shape index (κ3) is 3.72. The van der Waals surface area contributed by atoms with Crippen molar-refractivity contribution in [1.29, 1.82) is 0 Å². The average molecular weight is 388 g/mol. The largest absolute Gasteiger partial charge is 0.367 e. The molecule has 0 unspecified atom stereocenters. The van der Waals surface area contributed by atoms with Gasteiger partial charge >= 0.3 is 0 Å². The monoisotopic (exact) mass is 387 g/mol. The normalized spacial score (nSPS) is 19.1. The van der Waals surface area contributed by atoms with E-state index in [1.54, 1.807) is 0 Å². The molecule has 0 N–H and O–H groups in total. The number of rotatable bonds is 4. The number of piperazine rings is 1. The van der Waals surface area contributed by atoms with E-state index in [9.17, 15) is 0 Å². The van der Waals surface area contributed by atoms with Gasteiger partial charge in [-0.05, 0) is 32.0 Å². The fourth-order valence-electron chi connectivity index (χ4n) is 4.45. The molecule has 5 nitrogen and oxygen atoms in total. The Hall–Kier alpha value is -2.50. The van der Waals surface area contributed by atoms with Gasteiger partial charge in [0, 0.05) is 56.9 Å². The standard InChI is InChI=1S/C24H29N5/c1-18(2)27-10-12-28(13-11-27)21-16-29(17-21)20-14-24-23(25-15-20)9-8-22(26-24)19-6-4-3-5-7-19/h3-9,14-15,18,21H,10-13,16-17H2,1-2H3. The lowest BCUT2D eigenvalue weighted by Gasteiger charge is -2.49. The molecule has 5 rings (SSSR count). The van der Waals surface area contributed by atoms with E-state index >= 15 is 0 Å². The molecule has 150 valence electrons. The summed E-state index contributed by atoms with van der Waals surface area (Å²) in [4.78, 5) is 17.2. The van der Waals surface area contributed by atoms with Crippen LogP contribution in [0, 0.1) is 0 Å². The maximum Gasteiger partial charge on any atom is 0.0914 e. The van der Waals surface area contributed by atoms with Gasteiger partial charge in [0.1, 0.15) is 0 Å². The minimum Gasteiger partial charge on any atom is -0.367 e. The Morgan fingerprint density at radius 2 is 1.66 bits per heavy atom. The van der Waals surface area contributed by atoms with Crippen LogP contribution < -0.4 is 4.90 Å². The fraction of sp³-hybridized carbons (Fsp3) is 0.417. The molecule has 2 aliphatic heterocycles. The van der Waals surface area contributed by atoms with Crippen LogP contribution in [0.1, 0.15) is 13.8 Å². The van der Waals surface area contributed by atoms with Gasteiger partial charge in [0.2, 0.25) is 0 Å². The van der Waals surface area contributed by atoms with Crippen LogP contribution >= 0.6 is 0 Å². The minimum absolute atomic E-state index is 0.659. The highest BCUT2D eigenvalue weighted by atomic mass is 15.4. The molecule has 0 spiro atoms. The maximum absolute atomic E-state index is 4.88. The number of benzene rings is 1. The summed E-state index contributed by atoms with van der Waals surface area (Å²) in [6.45, 7) is 11.5. The Balaban J connectivity index is 1.27. The van der Waals surface area contributed by atoms with Crippen LogP contribution in [0.5, 0.6) is 0 Å². The molecule has 0 amide bonds. The number of nitrogens with zero attached hydrogens (tertiary/aromatic N) is 5. The third-order valence-electron chi connectivity index (χ3n) is 6.42. The van der Waals surface area contributed by atoms with Gasteiger partial charge in [-0.1, -0.05) is 30.3 Å². The molecular formula is C24H29N5. The molecule has 2 aliphatic rings. The van der Waals surface area contributed by atoms with E-state index in [0.29, 0.717) is 12.1 Å². The molecule has 5 heteroatoms. The lowest BCUT2D eigenvalue weighted by molar-refractivity contribution is 0.0678. The molecule has 0 atom stereocenters. The predicted octanol–water partition coefficient (Wildman–Crippen LogP) is 3.51. The second-order valence-electron chi connectivity index (χ2n) is 8.52. The minimum atomic E-state index is 0.659. The van der Waals surface area contributed by atoms with Crippen LogP contribution in [0.3, 0.4) is 0 Å². The van der Waals surface area contributed by atoms with Gasteiger partial charge in [-0.15, -0.1) is 0 Å². The number of hydrogen-bond donors (Lipinski definition) is 0. The van der Waals surface area contributed by atoms with E-state index in [4.69, 9.17) is 4.98 Å². The summed E-state index contributed by atoms with van der Waals surface area (Å²) < 4.78 is 0. The summed E-state index contributed by atoms with van der Waals surface area (Å²) in [6, 6.07) is 18.0. The Labute approximate surface area is 173 Å². The van der Waals surface area contributed by atoms with Crippen LogP contribution in [-0.4, -0.2) is 71.1 Å². The number of fused-ring (bicyclic) bond motifs is 1. The van der Waals surface area contributed by atoms with Crippen molar-refractivity contribution in [2.45, 2.75) is 25.9 Å². The third-order valence-corrected chi connectivity index (χ3v) is 6.42. The number of anilines is 1. The van der Waals surface area contributed by atoms with Gasteiger partial charge < -0.3 is 4.90 Å². The van der Waals surface area contributed by atoms with Gasteiger partial charge in [0.15, 0.2) is 0 Å². The van der Waals surface area contributed by atoms with E-state index in [1.807, 2.05) is 12.3 Å². The van der Waals surface area contributed by atoms with E-state index in [-0.39, 0.29) is 0 Å². The zero-order chi connectivity index (χ0) is 19.8. The van der Waals surface area contributed by atoms with Crippen molar-refractivity contribution in [3.8, 4) is 11.3 Å². The van der Waals surface area contributed by atoms with Gasteiger partial charge in [0.25, 0.3) is 0 Å². The first-order valence-corrected chi connectivity index (χ1v) is 10.7. The Kier molecular flexibility index (Phi) is 4.94. The first kappa shape index (κ1) is 18.5. The zero-order valence-corrected chi connectivity index (χ0v) is 17.3. The summed E-state index contributed by atoms with van der Waals surface area (Å²) in [5.41, 5.74) is 5.26. The first-order valence-electron chi connectivity index (χ1n) is 10.7. The van der Waals surface area contributed by atoms with Crippen molar-refractivity contribution in [3.63, 3.8) is 0 Å². The van der Waals surface area contributed by atoms with Crippen molar-refractivity contribution in [2.75, 3.05) is 44.2 Å². The van der Waals surface area contributed by atoms with Gasteiger partial charge in [-0.3, -0.25) is 14.8 Å². The van der Waals surface area contributed by atoms with Crippen molar-refractivity contribution < 1.29 is 0 Å². The quantitative estimate of drug-likeness (QED) is 0.685. The SMILES string of the molecule is CC(C)N1CCN(C2CN(c3cnc4ccc(-c5ccccc5)nc4c3)C2)CC1. The van der Waals surface area contributed by atoms with E-state index in [2.05, 4.69) is 76.0 Å². The maximum atomic E-state index is 4.88. The lowest BCUT2D eigenvalue weighted by Crippen LogP contribution is -2.63. The van der Waals surface area contributed by atoms with Crippen LogP contribution in [-0.2, 0) is 0 Å². The van der Waals surface area contributed by atoms with Gasteiger partial charge in [-0.25, -0.2) is 4.98 Å². The first-order chi connectivity index (χ1) is 14.2. The van der Waals surface area contributed by atoms with E-state index in [0.717, 1.165) is 35.4 Å². The number of pyridine rings is 2.